The van der Waals surface area contributed by atoms with Crippen molar-refractivity contribution in [1.82, 2.24) is 9.97 Å². The first-order valence-electron chi connectivity index (χ1n) is 5.49. The third kappa shape index (κ3) is 3.09. The zero-order chi connectivity index (χ0) is 13.7. The molecular formula is C14H10ClN3O. The summed E-state index contributed by atoms with van der Waals surface area (Å²) in [7, 11) is 0. The Morgan fingerprint density at radius 1 is 1.37 bits per heavy atom. The molecule has 5 heteroatoms. The van der Waals surface area contributed by atoms with Gasteiger partial charge in [-0.25, -0.2) is 4.98 Å². The molecule has 0 atom stereocenters. The molecule has 4 nitrogen and oxygen atoms in total. The van der Waals surface area contributed by atoms with Crippen LogP contribution in [0.5, 0.6) is 0 Å². The molecule has 0 aromatic carbocycles. The zero-order valence-electron chi connectivity index (χ0n) is 9.95. The molecule has 2 heterocycles. The fourth-order valence-corrected chi connectivity index (χ4v) is 1.65. The number of hydrogen-bond donors (Lipinski definition) is 0. The van der Waals surface area contributed by atoms with Gasteiger partial charge >= 0.3 is 0 Å². The molecular weight excluding hydrogens is 262 g/mol. The van der Waals surface area contributed by atoms with Crippen molar-refractivity contribution in [3.8, 4) is 12.3 Å². The Kier molecular flexibility index (Phi) is 4.11. The van der Waals surface area contributed by atoms with Crippen LogP contribution in [-0.2, 0) is 0 Å². The first-order chi connectivity index (χ1) is 9.22. The molecule has 0 unspecified atom stereocenters. The first-order valence-corrected chi connectivity index (χ1v) is 5.87. The number of aromatic nitrogens is 2. The predicted molar refractivity (Wildman–Crippen MR) is 74.0 cm³/mol. The van der Waals surface area contributed by atoms with E-state index in [9.17, 15) is 4.79 Å². The van der Waals surface area contributed by atoms with Crippen molar-refractivity contribution in [3.05, 3.63) is 53.6 Å². The number of hydrogen-bond acceptors (Lipinski definition) is 3. The van der Waals surface area contributed by atoms with Crippen LogP contribution in [0.3, 0.4) is 0 Å². The smallest absolute Gasteiger partial charge is 0.260 e. The maximum absolute atomic E-state index is 12.4. The van der Waals surface area contributed by atoms with Crippen LogP contribution in [0.25, 0.3) is 0 Å². The molecule has 0 aliphatic rings. The summed E-state index contributed by atoms with van der Waals surface area (Å²) in [6.07, 6.45) is 9.94. The molecule has 0 saturated carbocycles. The van der Waals surface area contributed by atoms with Gasteiger partial charge < -0.3 is 0 Å². The lowest BCUT2D eigenvalue weighted by Crippen LogP contribution is -2.31. The average Bonchev–Trinajstić information content (AvgIpc) is 2.46. The van der Waals surface area contributed by atoms with Crippen LogP contribution < -0.4 is 4.90 Å². The summed E-state index contributed by atoms with van der Waals surface area (Å²) >= 11 is 5.70. The number of anilines is 1. The number of amides is 1. The number of terminal acetylenes is 1. The fraction of sp³-hybridized carbons (Fsp3) is 0.0714. The summed E-state index contributed by atoms with van der Waals surface area (Å²) in [5.41, 5.74) is 1.06. The van der Waals surface area contributed by atoms with Crippen molar-refractivity contribution in [3.63, 3.8) is 0 Å². The highest BCUT2D eigenvalue weighted by Crippen LogP contribution is 2.15. The fourth-order valence-electron chi connectivity index (χ4n) is 1.54. The molecule has 0 spiro atoms. The molecule has 1 amide bonds. The van der Waals surface area contributed by atoms with Gasteiger partial charge in [0.05, 0.1) is 24.0 Å². The van der Waals surface area contributed by atoms with Crippen LogP contribution in [0.4, 0.5) is 5.69 Å². The van der Waals surface area contributed by atoms with Gasteiger partial charge in [0, 0.05) is 12.4 Å². The Morgan fingerprint density at radius 3 is 2.79 bits per heavy atom. The molecule has 0 radical (unpaired) electrons. The summed E-state index contributed by atoms with van der Waals surface area (Å²) in [6.45, 7) is 0.160. The second kappa shape index (κ2) is 5.98. The number of nitrogens with zero attached hydrogens (tertiary/aromatic N) is 3. The van der Waals surface area contributed by atoms with Gasteiger partial charge in [0.2, 0.25) is 0 Å². The molecule has 0 bridgehead atoms. The predicted octanol–water partition coefficient (Wildman–Crippen LogP) is 2.41. The van der Waals surface area contributed by atoms with Crippen molar-refractivity contribution in [2.24, 2.45) is 0 Å². The molecule has 2 aromatic heterocycles. The van der Waals surface area contributed by atoms with E-state index in [0.717, 1.165) is 0 Å². The van der Waals surface area contributed by atoms with Gasteiger partial charge in [0.1, 0.15) is 5.15 Å². The molecule has 0 N–H and O–H groups in total. The van der Waals surface area contributed by atoms with Gasteiger partial charge in [-0.1, -0.05) is 17.5 Å². The summed E-state index contributed by atoms with van der Waals surface area (Å²) in [5.74, 6) is 2.22. The molecule has 0 aliphatic carbocycles. The second-order valence-corrected chi connectivity index (χ2v) is 4.06. The van der Waals surface area contributed by atoms with Gasteiger partial charge in [-0.3, -0.25) is 14.7 Å². The molecule has 2 aromatic rings. The molecule has 2 rings (SSSR count). The van der Waals surface area contributed by atoms with Gasteiger partial charge in [0.25, 0.3) is 5.91 Å². The molecule has 0 saturated heterocycles. The van der Waals surface area contributed by atoms with E-state index in [1.54, 1.807) is 36.7 Å². The van der Waals surface area contributed by atoms with Crippen molar-refractivity contribution in [2.75, 3.05) is 11.4 Å². The Labute approximate surface area is 116 Å². The minimum absolute atomic E-state index is 0.160. The number of carbonyl (C=O) groups excluding carboxylic acids is 1. The lowest BCUT2D eigenvalue weighted by molar-refractivity contribution is 0.0990. The normalized spacial score (nSPS) is 9.68. The molecule has 0 aliphatic heterocycles. The standard InChI is InChI=1S/C14H10ClN3O/c1-2-8-18(12-4-3-7-16-10-12)14(19)11-5-6-13(15)17-9-11/h1,3-7,9-10H,8H2. The summed E-state index contributed by atoms with van der Waals surface area (Å²) in [6, 6.07) is 6.68. The monoisotopic (exact) mass is 271 g/mol. The van der Waals surface area contributed by atoms with Gasteiger partial charge in [0.15, 0.2) is 0 Å². The Hall–Kier alpha value is -2.38. The van der Waals surface area contributed by atoms with Crippen molar-refractivity contribution >= 4 is 23.2 Å². The SMILES string of the molecule is C#CCN(C(=O)c1ccc(Cl)nc1)c1cccnc1. The van der Waals surface area contributed by atoms with Crippen LogP contribution in [0.2, 0.25) is 5.15 Å². The van der Waals surface area contributed by atoms with Gasteiger partial charge in [-0.15, -0.1) is 6.42 Å². The van der Waals surface area contributed by atoms with E-state index in [1.807, 2.05) is 0 Å². The summed E-state index contributed by atoms with van der Waals surface area (Å²) in [5, 5.41) is 0.335. The van der Waals surface area contributed by atoms with Crippen LogP contribution >= 0.6 is 11.6 Å². The summed E-state index contributed by atoms with van der Waals surface area (Å²) < 4.78 is 0. The Balaban J connectivity index is 2.32. The highest BCUT2D eigenvalue weighted by atomic mass is 35.5. The van der Waals surface area contributed by atoms with E-state index in [0.29, 0.717) is 16.4 Å². The second-order valence-electron chi connectivity index (χ2n) is 3.68. The van der Waals surface area contributed by atoms with E-state index in [4.69, 9.17) is 18.0 Å². The van der Waals surface area contributed by atoms with E-state index in [2.05, 4.69) is 15.9 Å². The highest BCUT2D eigenvalue weighted by Gasteiger charge is 2.17. The first kappa shape index (κ1) is 13.1. The Morgan fingerprint density at radius 2 is 2.21 bits per heavy atom. The van der Waals surface area contributed by atoms with Gasteiger partial charge in [-0.05, 0) is 24.3 Å². The van der Waals surface area contributed by atoms with E-state index in [1.165, 1.54) is 11.1 Å². The maximum Gasteiger partial charge on any atom is 0.260 e. The average molecular weight is 272 g/mol. The van der Waals surface area contributed by atoms with E-state index >= 15 is 0 Å². The largest absolute Gasteiger partial charge is 0.295 e. The quantitative estimate of drug-likeness (QED) is 0.636. The molecule has 94 valence electrons. The zero-order valence-corrected chi connectivity index (χ0v) is 10.7. The lowest BCUT2D eigenvalue weighted by atomic mass is 10.2. The summed E-state index contributed by atoms with van der Waals surface area (Å²) in [4.78, 5) is 21.7. The minimum atomic E-state index is -0.241. The third-order valence-electron chi connectivity index (χ3n) is 2.43. The van der Waals surface area contributed by atoms with Crippen molar-refractivity contribution in [2.45, 2.75) is 0 Å². The number of rotatable bonds is 3. The Bertz CT molecular complexity index is 605. The van der Waals surface area contributed by atoms with Crippen LogP contribution in [-0.4, -0.2) is 22.4 Å². The van der Waals surface area contributed by atoms with Crippen LogP contribution in [0, 0.1) is 12.3 Å². The minimum Gasteiger partial charge on any atom is -0.295 e. The topological polar surface area (TPSA) is 46.1 Å². The van der Waals surface area contributed by atoms with Crippen LogP contribution in [0.15, 0.2) is 42.9 Å². The van der Waals surface area contributed by atoms with E-state index < -0.39 is 0 Å². The number of carbonyl (C=O) groups is 1. The maximum atomic E-state index is 12.4. The number of pyridine rings is 2. The van der Waals surface area contributed by atoms with Crippen molar-refractivity contribution < 1.29 is 4.79 Å². The van der Waals surface area contributed by atoms with Crippen molar-refractivity contribution in [1.29, 1.82) is 0 Å². The number of halogens is 1. The lowest BCUT2D eigenvalue weighted by Gasteiger charge is -2.19. The van der Waals surface area contributed by atoms with Gasteiger partial charge in [-0.2, -0.15) is 0 Å². The van der Waals surface area contributed by atoms with E-state index in [-0.39, 0.29) is 12.5 Å². The third-order valence-corrected chi connectivity index (χ3v) is 2.65. The molecule has 0 fully saturated rings. The van der Waals surface area contributed by atoms with Crippen LogP contribution in [0.1, 0.15) is 10.4 Å². The molecule has 19 heavy (non-hydrogen) atoms. The highest BCUT2D eigenvalue weighted by molar-refractivity contribution is 6.29.